The maximum absolute atomic E-state index is 6.55. The number of benzene rings is 1. The largest absolute Gasteiger partial charge is 0.324 e. The van der Waals surface area contributed by atoms with Crippen molar-refractivity contribution in [3.05, 3.63) is 56.8 Å². The van der Waals surface area contributed by atoms with E-state index in [9.17, 15) is 0 Å². The molecule has 0 bridgehead atoms. The van der Waals surface area contributed by atoms with Gasteiger partial charge in [0.25, 0.3) is 0 Å². The van der Waals surface area contributed by atoms with E-state index in [1.807, 2.05) is 11.3 Å². The molecule has 1 aromatic heterocycles. The Bertz CT molecular complexity index is 585. The molecular weight excluding hydrogens is 250 g/mol. The van der Waals surface area contributed by atoms with E-state index in [2.05, 4.69) is 44.2 Å². The summed E-state index contributed by atoms with van der Waals surface area (Å²) in [7, 11) is 0. The topological polar surface area (TPSA) is 26.0 Å². The lowest BCUT2D eigenvalue weighted by molar-refractivity contribution is 0.382. The van der Waals surface area contributed by atoms with Crippen molar-refractivity contribution in [2.75, 3.05) is 0 Å². The second-order valence-electron chi connectivity index (χ2n) is 5.67. The fourth-order valence-electron chi connectivity index (χ4n) is 3.27. The van der Waals surface area contributed by atoms with Crippen LogP contribution in [0.2, 0.25) is 0 Å². The lowest BCUT2D eigenvalue weighted by atomic mass is 9.78. The Labute approximate surface area is 119 Å². The lowest BCUT2D eigenvalue weighted by Crippen LogP contribution is -2.27. The number of hydrogen-bond acceptors (Lipinski definition) is 2. The summed E-state index contributed by atoms with van der Waals surface area (Å²) in [6.07, 6.45) is 3.52. The van der Waals surface area contributed by atoms with Gasteiger partial charge >= 0.3 is 0 Å². The van der Waals surface area contributed by atoms with Gasteiger partial charge in [0.05, 0.1) is 0 Å². The minimum Gasteiger partial charge on any atom is -0.324 e. The molecule has 100 valence electrons. The van der Waals surface area contributed by atoms with Crippen LogP contribution >= 0.6 is 11.3 Å². The first-order chi connectivity index (χ1) is 9.15. The summed E-state index contributed by atoms with van der Waals surface area (Å²) >= 11 is 1.87. The van der Waals surface area contributed by atoms with Crippen LogP contribution in [-0.2, 0) is 12.8 Å². The van der Waals surface area contributed by atoms with Gasteiger partial charge in [-0.2, -0.15) is 0 Å². The summed E-state index contributed by atoms with van der Waals surface area (Å²) in [5.74, 6) is 0.586. The normalized spacial score (nSPS) is 20.1. The first-order valence-electron chi connectivity index (χ1n) is 7.04. The predicted octanol–water partition coefficient (Wildman–Crippen LogP) is 4.17. The minimum absolute atomic E-state index is 0.193. The van der Waals surface area contributed by atoms with Gasteiger partial charge in [0.15, 0.2) is 0 Å². The molecule has 0 radical (unpaired) electrons. The van der Waals surface area contributed by atoms with Crippen molar-refractivity contribution in [1.82, 2.24) is 0 Å². The van der Waals surface area contributed by atoms with Gasteiger partial charge in [0.1, 0.15) is 0 Å². The minimum atomic E-state index is 0.193. The van der Waals surface area contributed by atoms with Gasteiger partial charge in [0, 0.05) is 15.8 Å². The van der Waals surface area contributed by atoms with Crippen LogP contribution in [0.3, 0.4) is 0 Å². The molecule has 1 nitrogen and oxygen atoms in total. The van der Waals surface area contributed by atoms with Gasteiger partial charge in [-0.3, -0.25) is 0 Å². The average Bonchev–Trinajstić information content (AvgIpc) is 2.76. The molecule has 1 aromatic carbocycles. The molecule has 0 saturated heterocycles. The summed E-state index contributed by atoms with van der Waals surface area (Å²) in [4.78, 5) is 2.77. The summed E-state index contributed by atoms with van der Waals surface area (Å²) < 4.78 is 0. The highest BCUT2D eigenvalue weighted by molar-refractivity contribution is 7.12. The number of aryl methyl sites for hydroxylation is 3. The fourth-order valence-corrected chi connectivity index (χ4v) is 4.25. The molecule has 2 N–H and O–H groups in total. The van der Waals surface area contributed by atoms with Gasteiger partial charge in [-0.25, -0.2) is 0 Å². The molecule has 0 saturated carbocycles. The van der Waals surface area contributed by atoms with E-state index in [-0.39, 0.29) is 6.04 Å². The van der Waals surface area contributed by atoms with E-state index in [0.29, 0.717) is 5.92 Å². The van der Waals surface area contributed by atoms with Gasteiger partial charge in [-0.05, 0) is 61.8 Å². The van der Waals surface area contributed by atoms with Crippen LogP contribution in [0.4, 0.5) is 0 Å². The van der Waals surface area contributed by atoms with Crippen LogP contribution in [0.1, 0.15) is 38.9 Å². The van der Waals surface area contributed by atoms with Crippen molar-refractivity contribution < 1.29 is 0 Å². The fraction of sp³-hybridized carbons (Fsp3) is 0.412. The number of rotatable bonds is 2. The van der Waals surface area contributed by atoms with Crippen molar-refractivity contribution >= 4 is 11.3 Å². The number of thiophene rings is 1. The van der Waals surface area contributed by atoms with Crippen molar-refractivity contribution in [1.29, 1.82) is 0 Å². The Morgan fingerprint density at radius 2 is 1.95 bits per heavy atom. The molecule has 1 aliphatic carbocycles. The Balaban J connectivity index is 1.83. The molecule has 3 rings (SSSR count). The van der Waals surface area contributed by atoms with E-state index in [4.69, 9.17) is 5.73 Å². The molecule has 2 aromatic rings. The quantitative estimate of drug-likeness (QED) is 0.871. The van der Waals surface area contributed by atoms with E-state index in [1.165, 1.54) is 39.3 Å². The number of nitrogens with two attached hydrogens (primary N) is 1. The number of hydrogen-bond donors (Lipinski definition) is 1. The lowest BCUT2D eigenvalue weighted by Gasteiger charge is -2.29. The third kappa shape index (κ3) is 2.47. The monoisotopic (exact) mass is 271 g/mol. The third-order valence-electron chi connectivity index (χ3n) is 4.33. The van der Waals surface area contributed by atoms with Crippen LogP contribution in [0.5, 0.6) is 0 Å². The molecule has 1 heterocycles. The summed E-state index contributed by atoms with van der Waals surface area (Å²) in [5.41, 5.74) is 10.9. The Kier molecular flexibility index (Phi) is 3.46. The second kappa shape index (κ2) is 5.10. The summed E-state index contributed by atoms with van der Waals surface area (Å²) in [6.45, 7) is 4.37. The van der Waals surface area contributed by atoms with Gasteiger partial charge in [-0.1, -0.05) is 24.3 Å². The Morgan fingerprint density at radius 1 is 1.21 bits per heavy atom. The van der Waals surface area contributed by atoms with E-state index < -0.39 is 0 Å². The smallest absolute Gasteiger partial charge is 0.0337 e. The van der Waals surface area contributed by atoms with Gasteiger partial charge < -0.3 is 5.73 Å². The van der Waals surface area contributed by atoms with E-state index in [0.717, 1.165) is 6.42 Å². The van der Waals surface area contributed by atoms with Gasteiger partial charge in [0.2, 0.25) is 0 Å². The highest BCUT2D eigenvalue weighted by atomic mass is 32.1. The van der Waals surface area contributed by atoms with Crippen molar-refractivity contribution in [3.63, 3.8) is 0 Å². The van der Waals surface area contributed by atoms with Gasteiger partial charge in [-0.15, -0.1) is 11.3 Å². The Hall–Kier alpha value is -1.12. The zero-order chi connectivity index (χ0) is 13.4. The standard InChI is InChI=1S/C17H21NS/c1-11-9-16(12(2)19-11)17(18)15-8-7-13-5-3-4-6-14(13)10-15/h3-6,9,15,17H,7-8,10,18H2,1-2H3. The molecule has 0 spiro atoms. The first kappa shape index (κ1) is 12.9. The zero-order valence-electron chi connectivity index (χ0n) is 11.6. The molecule has 2 atom stereocenters. The third-order valence-corrected chi connectivity index (χ3v) is 5.31. The molecule has 1 aliphatic rings. The SMILES string of the molecule is Cc1cc(C(N)C2CCc3ccccc3C2)c(C)s1. The Morgan fingerprint density at radius 3 is 2.63 bits per heavy atom. The van der Waals surface area contributed by atoms with Crippen LogP contribution in [-0.4, -0.2) is 0 Å². The highest BCUT2D eigenvalue weighted by Crippen LogP contribution is 2.36. The van der Waals surface area contributed by atoms with Crippen LogP contribution in [0.15, 0.2) is 30.3 Å². The van der Waals surface area contributed by atoms with Crippen molar-refractivity contribution in [2.45, 2.75) is 39.2 Å². The summed E-state index contributed by atoms with van der Waals surface area (Å²) in [5, 5.41) is 0. The summed E-state index contributed by atoms with van der Waals surface area (Å²) in [6, 6.07) is 11.3. The molecule has 19 heavy (non-hydrogen) atoms. The predicted molar refractivity (Wildman–Crippen MR) is 82.7 cm³/mol. The van der Waals surface area contributed by atoms with E-state index in [1.54, 1.807) is 0 Å². The zero-order valence-corrected chi connectivity index (χ0v) is 12.5. The number of fused-ring (bicyclic) bond motifs is 1. The molecule has 0 fully saturated rings. The maximum atomic E-state index is 6.55. The maximum Gasteiger partial charge on any atom is 0.0337 e. The second-order valence-corrected chi connectivity index (χ2v) is 7.13. The first-order valence-corrected chi connectivity index (χ1v) is 7.86. The molecular formula is C17H21NS. The molecule has 0 amide bonds. The van der Waals surface area contributed by atoms with Crippen molar-refractivity contribution in [2.24, 2.45) is 11.7 Å². The van der Waals surface area contributed by atoms with Crippen LogP contribution in [0, 0.1) is 19.8 Å². The van der Waals surface area contributed by atoms with Crippen LogP contribution in [0.25, 0.3) is 0 Å². The molecule has 2 heteroatoms. The molecule has 2 unspecified atom stereocenters. The van der Waals surface area contributed by atoms with E-state index >= 15 is 0 Å². The van der Waals surface area contributed by atoms with Crippen LogP contribution < -0.4 is 5.73 Å². The average molecular weight is 271 g/mol. The molecule has 0 aliphatic heterocycles. The highest BCUT2D eigenvalue weighted by Gasteiger charge is 2.26. The van der Waals surface area contributed by atoms with Crippen molar-refractivity contribution in [3.8, 4) is 0 Å².